The third-order valence-corrected chi connectivity index (χ3v) is 3.47. The van der Waals surface area contributed by atoms with E-state index >= 15 is 0 Å². The van der Waals surface area contributed by atoms with E-state index in [1.807, 2.05) is 19.9 Å². The number of carbonyl (C=O) groups is 1. The molecule has 1 rings (SSSR count). The molecule has 1 heterocycles. The number of hydrogen-bond acceptors (Lipinski definition) is 3. The topological polar surface area (TPSA) is 68.0 Å². The van der Waals surface area contributed by atoms with Crippen molar-refractivity contribution in [3.63, 3.8) is 0 Å². The molecule has 4 nitrogen and oxygen atoms in total. The number of nitrogens with two attached hydrogens (primary N) is 1. The van der Waals surface area contributed by atoms with Gasteiger partial charge in [0.1, 0.15) is 0 Å². The molecular formula is C11H15Br2N3O. The predicted molar refractivity (Wildman–Crippen MR) is 74.3 cm³/mol. The summed E-state index contributed by atoms with van der Waals surface area (Å²) in [4.78, 5) is 15.5. The van der Waals surface area contributed by atoms with Gasteiger partial charge in [-0.1, -0.05) is 13.8 Å². The lowest BCUT2D eigenvalue weighted by Gasteiger charge is -2.19. The second-order valence-corrected chi connectivity index (χ2v) is 5.86. The van der Waals surface area contributed by atoms with Crippen LogP contribution in [0.3, 0.4) is 0 Å². The van der Waals surface area contributed by atoms with Gasteiger partial charge in [-0.15, -0.1) is 0 Å². The largest absolute Gasteiger partial charge is 0.368 e. The third-order valence-electron chi connectivity index (χ3n) is 2.35. The van der Waals surface area contributed by atoms with E-state index < -0.39 is 0 Å². The number of rotatable bonds is 5. The summed E-state index contributed by atoms with van der Waals surface area (Å²) in [6, 6.07) is 1.57. The van der Waals surface area contributed by atoms with E-state index in [2.05, 4.69) is 42.2 Å². The van der Waals surface area contributed by atoms with E-state index in [9.17, 15) is 4.79 Å². The van der Waals surface area contributed by atoms with Gasteiger partial charge >= 0.3 is 0 Å². The van der Waals surface area contributed by atoms with E-state index in [4.69, 9.17) is 5.73 Å². The summed E-state index contributed by atoms with van der Waals surface area (Å²) in [6.45, 7) is 4.40. The molecule has 0 saturated heterocycles. The van der Waals surface area contributed by atoms with Crippen molar-refractivity contribution < 1.29 is 4.79 Å². The van der Waals surface area contributed by atoms with Crippen LogP contribution in [0, 0.1) is 5.92 Å². The van der Waals surface area contributed by atoms with E-state index in [0.717, 1.165) is 14.6 Å². The van der Waals surface area contributed by atoms with Crippen LogP contribution in [-0.2, 0) is 11.3 Å². The highest BCUT2D eigenvalue weighted by molar-refractivity contribution is 9.11. The Morgan fingerprint density at radius 3 is 2.65 bits per heavy atom. The number of aromatic nitrogens is 1. The van der Waals surface area contributed by atoms with Gasteiger partial charge < -0.3 is 5.73 Å². The Balaban J connectivity index is 2.69. The summed E-state index contributed by atoms with van der Waals surface area (Å²) in [7, 11) is 0. The van der Waals surface area contributed by atoms with E-state index in [1.54, 1.807) is 6.20 Å². The van der Waals surface area contributed by atoms with Crippen LogP contribution in [0.5, 0.6) is 0 Å². The Morgan fingerprint density at radius 1 is 1.53 bits per heavy atom. The van der Waals surface area contributed by atoms with Gasteiger partial charge in [0.15, 0.2) is 0 Å². The van der Waals surface area contributed by atoms with Crippen LogP contribution >= 0.6 is 31.9 Å². The van der Waals surface area contributed by atoms with Crippen LogP contribution in [0.1, 0.15) is 19.5 Å². The van der Waals surface area contributed by atoms with Crippen molar-refractivity contribution in [1.29, 1.82) is 0 Å². The zero-order valence-electron chi connectivity index (χ0n) is 9.71. The molecule has 1 amide bonds. The SMILES string of the molecule is CC(C)C(NCc1ncc(Br)cc1Br)C(N)=O. The maximum atomic E-state index is 11.2. The standard InChI is InChI=1S/C11H15Br2N3O/c1-6(2)10(11(14)17)16-5-9-8(13)3-7(12)4-15-9/h3-4,6,10,16H,5H2,1-2H3,(H2,14,17). The fraction of sp³-hybridized carbons (Fsp3) is 0.455. The second-order valence-electron chi connectivity index (χ2n) is 4.09. The fourth-order valence-corrected chi connectivity index (χ4v) is 2.57. The normalized spacial score (nSPS) is 12.8. The van der Waals surface area contributed by atoms with Crippen LogP contribution < -0.4 is 11.1 Å². The first kappa shape index (κ1) is 14.6. The molecule has 0 aliphatic carbocycles. The number of pyridine rings is 1. The number of carbonyl (C=O) groups excluding carboxylic acids is 1. The number of nitrogens with zero attached hydrogens (tertiary/aromatic N) is 1. The Labute approximate surface area is 118 Å². The molecule has 6 heteroatoms. The maximum absolute atomic E-state index is 11.2. The molecule has 1 aromatic rings. The van der Waals surface area contributed by atoms with Gasteiger partial charge in [-0.3, -0.25) is 15.1 Å². The van der Waals surface area contributed by atoms with Crippen molar-refractivity contribution in [2.24, 2.45) is 11.7 Å². The molecule has 0 radical (unpaired) electrons. The molecule has 17 heavy (non-hydrogen) atoms. The fourth-order valence-electron chi connectivity index (χ4n) is 1.44. The second kappa shape index (κ2) is 6.47. The number of halogens is 2. The Hall–Kier alpha value is -0.460. The number of nitrogens with one attached hydrogen (secondary N) is 1. The first-order valence-electron chi connectivity index (χ1n) is 5.24. The average molecular weight is 365 g/mol. The van der Waals surface area contributed by atoms with Crippen molar-refractivity contribution >= 4 is 37.8 Å². The molecule has 0 aliphatic rings. The van der Waals surface area contributed by atoms with E-state index in [0.29, 0.717) is 6.54 Å². The molecule has 0 spiro atoms. The molecule has 0 bridgehead atoms. The molecule has 1 aromatic heterocycles. The first-order chi connectivity index (χ1) is 7.91. The van der Waals surface area contributed by atoms with E-state index in [-0.39, 0.29) is 17.9 Å². The quantitative estimate of drug-likeness (QED) is 0.841. The van der Waals surface area contributed by atoms with Crippen molar-refractivity contribution in [2.75, 3.05) is 0 Å². The molecule has 3 N–H and O–H groups in total. The Morgan fingerprint density at radius 2 is 2.18 bits per heavy atom. The zero-order valence-corrected chi connectivity index (χ0v) is 12.9. The van der Waals surface area contributed by atoms with Crippen LogP contribution in [0.15, 0.2) is 21.2 Å². The smallest absolute Gasteiger partial charge is 0.234 e. The highest BCUT2D eigenvalue weighted by Gasteiger charge is 2.19. The molecule has 0 aliphatic heterocycles. The third kappa shape index (κ3) is 4.37. The predicted octanol–water partition coefficient (Wildman–Crippen LogP) is 2.21. The van der Waals surface area contributed by atoms with Crippen molar-refractivity contribution in [3.05, 3.63) is 26.9 Å². The first-order valence-corrected chi connectivity index (χ1v) is 6.83. The minimum Gasteiger partial charge on any atom is -0.368 e. The lowest BCUT2D eigenvalue weighted by Crippen LogP contribution is -2.44. The maximum Gasteiger partial charge on any atom is 0.234 e. The van der Waals surface area contributed by atoms with Crippen LogP contribution in [0.2, 0.25) is 0 Å². The van der Waals surface area contributed by atoms with Crippen LogP contribution in [0.4, 0.5) is 0 Å². The van der Waals surface area contributed by atoms with Gasteiger partial charge in [0.25, 0.3) is 0 Å². The van der Waals surface area contributed by atoms with Crippen LogP contribution in [-0.4, -0.2) is 16.9 Å². The number of primary amides is 1. The summed E-state index contributed by atoms with van der Waals surface area (Å²) in [5.74, 6) is -0.185. The van der Waals surface area contributed by atoms with Crippen LogP contribution in [0.25, 0.3) is 0 Å². The molecule has 1 unspecified atom stereocenters. The molecule has 94 valence electrons. The van der Waals surface area contributed by atoms with Crippen molar-refractivity contribution in [3.8, 4) is 0 Å². The van der Waals surface area contributed by atoms with Gasteiger partial charge in [-0.25, -0.2) is 0 Å². The monoisotopic (exact) mass is 363 g/mol. The lowest BCUT2D eigenvalue weighted by atomic mass is 10.0. The van der Waals surface area contributed by atoms with Gasteiger partial charge in [0.05, 0.1) is 11.7 Å². The minimum atomic E-state index is -0.340. The average Bonchev–Trinajstić information content (AvgIpc) is 2.20. The number of amides is 1. The highest BCUT2D eigenvalue weighted by atomic mass is 79.9. The summed E-state index contributed by atoms with van der Waals surface area (Å²) in [6.07, 6.45) is 1.72. The Kier molecular flexibility index (Phi) is 5.55. The summed E-state index contributed by atoms with van der Waals surface area (Å²) in [5, 5.41) is 3.11. The van der Waals surface area contributed by atoms with Gasteiger partial charge in [0.2, 0.25) is 5.91 Å². The van der Waals surface area contributed by atoms with Gasteiger partial charge in [-0.2, -0.15) is 0 Å². The minimum absolute atomic E-state index is 0.154. The summed E-state index contributed by atoms with van der Waals surface area (Å²) in [5.41, 5.74) is 6.17. The van der Waals surface area contributed by atoms with Crippen molar-refractivity contribution in [1.82, 2.24) is 10.3 Å². The summed E-state index contributed by atoms with van der Waals surface area (Å²) >= 11 is 6.76. The molecule has 0 aromatic carbocycles. The molecule has 0 fully saturated rings. The summed E-state index contributed by atoms with van der Waals surface area (Å²) < 4.78 is 1.80. The highest BCUT2D eigenvalue weighted by Crippen LogP contribution is 2.19. The zero-order chi connectivity index (χ0) is 13.0. The molecule has 0 saturated carbocycles. The number of hydrogen-bond donors (Lipinski definition) is 2. The lowest BCUT2D eigenvalue weighted by molar-refractivity contribution is -0.121. The van der Waals surface area contributed by atoms with Crippen molar-refractivity contribution in [2.45, 2.75) is 26.4 Å². The molecule has 1 atom stereocenters. The molecular weight excluding hydrogens is 350 g/mol. The Bertz CT molecular complexity index is 410. The van der Waals surface area contributed by atoms with Gasteiger partial charge in [-0.05, 0) is 43.8 Å². The van der Waals surface area contributed by atoms with E-state index in [1.165, 1.54) is 0 Å². The van der Waals surface area contributed by atoms with Gasteiger partial charge in [0, 0.05) is 21.7 Å².